The maximum atomic E-state index is 12.6. The number of para-hydroxylation sites is 1. The van der Waals surface area contributed by atoms with Crippen molar-refractivity contribution in [1.82, 2.24) is 0 Å². The zero-order chi connectivity index (χ0) is 14.5. The lowest BCUT2D eigenvalue weighted by Crippen LogP contribution is -2.13. The SMILES string of the molecule is COc1ccccc1C(=O)C(C#N)c1ccccc1Br. The first-order chi connectivity index (χ1) is 9.69. The normalized spacial score (nSPS) is 11.4. The molecule has 2 rings (SSSR count). The van der Waals surface area contributed by atoms with E-state index in [1.54, 1.807) is 36.4 Å². The molecule has 2 aromatic rings. The predicted octanol–water partition coefficient (Wildman–Crippen LogP) is 3.95. The molecule has 2 aromatic carbocycles. The van der Waals surface area contributed by atoms with Crippen LogP contribution in [0.4, 0.5) is 0 Å². The fourth-order valence-corrected chi connectivity index (χ4v) is 2.50. The van der Waals surface area contributed by atoms with E-state index in [1.807, 2.05) is 12.1 Å². The van der Waals surface area contributed by atoms with E-state index in [0.29, 0.717) is 16.9 Å². The van der Waals surface area contributed by atoms with Crippen molar-refractivity contribution in [3.05, 3.63) is 64.1 Å². The molecule has 0 aromatic heterocycles. The second kappa shape index (κ2) is 6.36. The lowest BCUT2D eigenvalue weighted by atomic mass is 9.91. The Morgan fingerprint density at radius 1 is 1.20 bits per heavy atom. The molecule has 4 heteroatoms. The van der Waals surface area contributed by atoms with Crippen LogP contribution in [0.5, 0.6) is 5.75 Å². The van der Waals surface area contributed by atoms with Gasteiger partial charge in [0.05, 0.1) is 18.7 Å². The van der Waals surface area contributed by atoms with Gasteiger partial charge in [-0.25, -0.2) is 0 Å². The molecule has 1 unspecified atom stereocenters. The Labute approximate surface area is 125 Å². The van der Waals surface area contributed by atoms with Crippen LogP contribution in [0.2, 0.25) is 0 Å². The molecule has 0 heterocycles. The van der Waals surface area contributed by atoms with Crippen LogP contribution in [-0.4, -0.2) is 12.9 Å². The van der Waals surface area contributed by atoms with Gasteiger partial charge >= 0.3 is 0 Å². The summed E-state index contributed by atoms with van der Waals surface area (Å²) in [7, 11) is 1.51. The number of nitriles is 1. The van der Waals surface area contributed by atoms with E-state index in [-0.39, 0.29) is 5.78 Å². The summed E-state index contributed by atoms with van der Waals surface area (Å²) in [6.45, 7) is 0. The van der Waals surface area contributed by atoms with Crippen LogP contribution in [0, 0.1) is 11.3 Å². The van der Waals surface area contributed by atoms with Gasteiger partial charge in [0, 0.05) is 4.47 Å². The molecule has 0 saturated carbocycles. The third-order valence-corrected chi connectivity index (χ3v) is 3.70. The number of halogens is 1. The minimum absolute atomic E-state index is 0.267. The van der Waals surface area contributed by atoms with Gasteiger partial charge in [-0.15, -0.1) is 0 Å². The molecular formula is C16H12BrNO2. The summed E-state index contributed by atoms with van der Waals surface area (Å²) in [5.74, 6) is -0.650. The Balaban J connectivity index is 2.46. The van der Waals surface area contributed by atoms with Gasteiger partial charge in [-0.3, -0.25) is 4.79 Å². The van der Waals surface area contributed by atoms with Crippen LogP contribution in [0.15, 0.2) is 53.0 Å². The van der Waals surface area contributed by atoms with Crippen molar-refractivity contribution in [2.45, 2.75) is 5.92 Å². The molecule has 0 amide bonds. The van der Waals surface area contributed by atoms with Crippen LogP contribution in [0.3, 0.4) is 0 Å². The highest BCUT2D eigenvalue weighted by molar-refractivity contribution is 9.10. The predicted molar refractivity (Wildman–Crippen MR) is 79.8 cm³/mol. The Hall–Kier alpha value is -2.12. The van der Waals surface area contributed by atoms with E-state index in [4.69, 9.17) is 4.74 Å². The van der Waals surface area contributed by atoms with Gasteiger partial charge < -0.3 is 4.74 Å². The molecule has 0 fully saturated rings. The zero-order valence-corrected chi connectivity index (χ0v) is 12.4. The summed E-state index contributed by atoms with van der Waals surface area (Å²) < 4.78 is 5.93. The Morgan fingerprint density at radius 2 is 1.85 bits per heavy atom. The van der Waals surface area contributed by atoms with Gasteiger partial charge in [-0.05, 0) is 23.8 Å². The first-order valence-electron chi connectivity index (χ1n) is 6.00. The number of carbonyl (C=O) groups is 1. The second-order valence-corrected chi connectivity index (χ2v) is 5.00. The fraction of sp³-hybridized carbons (Fsp3) is 0.125. The summed E-state index contributed by atoms with van der Waals surface area (Å²) in [5, 5.41) is 9.37. The van der Waals surface area contributed by atoms with Gasteiger partial charge in [0.1, 0.15) is 11.7 Å². The maximum absolute atomic E-state index is 12.6. The number of methoxy groups -OCH3 is 1. The smallest absolute Gasteiger partial charge is 0.188 e. The van der Waals surface area contributed by atoms with E-state index >= 15 is 0 Å². The summed E-state index contributed by atoms with van der Waals surface area (Å²) in [5.41, 5.74) is 1.07. The van der Waals surface area contributed by atoms with Crippen LogP contribution in [-0.2, 0) is 0 Å². The number of carbonyl (C=O) groups excluding carboxylic acids is 1. The number of ether oxygens (including phenoxy) is 1. The van der Waals surface area contributed by atoms with Gasteiger partial charge in [-0.2, -0.15) is 5.26 Å². The van der Waals surface area contributed by atoms with Crippen molar-refractivity contribution < 1.29 is 9.53 Å². The van der Waals surface area contributed by atoms with Gasteiger partial charge in [0.2, 0.25) is 0 Å². The Morgan fingerprint density at radius 3 is 2.50 bits per heavy atom. The molecule has 0 saturated heterocycles. The summed E-state index contributed by atoms with van der Waals surface area (Å²) in [6.07, 6.45) is 0. The highest BCUT2D eigenvalue weighted by Gasteiger charge is 2.25. The molecule has 1 atom stereocenters. The van der Waals surface area contributed by atoms with Crippen LogP contribution < -0.4 is 4.74 Å². The van der Waals surface area contributed by atoms with Crippen molar-refractivity contribution in [1.29, 1.82) is 5.26 Å². The first-order valence-corrected chi connectivity index (χ1v) is 6.79. The third kappa shape index (κ3) is 2.73. The van der Waals surface area contributed by atoms with E-state index < -0.39 is 5.92 Å². The van der Waals surface area contributed by atoms with Gasteiger partial charge in [0.15, 0.2) is 5.78 Å². The number of rotatable bonds is 4. The summed E-state index contributed by atoms with van der Waals surface area (Å²) >= 11 is 3.38. The molecule has 0 aliphatic heterocycles. The molecule has 0 spiro atoms. The first kappa shape index (κ1) is 14.3. The number of hydrogen-bond donors (Lipinski definition) is 0. The highest BCUT2D eigenvalue weighted by Crippen LogP contribution is 2.30. The Kier molecular flexibility index (Phi) is 4.54. The highest BCUT2D eigenvalue weighted by atomic mass is 79.9. The number of nitrogens with zero attached hydrogens (tertiary/aromatic N) is 1. The fourth-order valence-electron chi connectivity index (χ4n) is 1.98. The lowest BCUT2D eigenvalue weighted by molar-refractivity contribution is 0.0975. The molecule has 20 heavy (non-hydrogen) atoms. The molecule has 0 radical (unpaired) electrons. The van der Waals surface area contributed by atoms with Crippen LogP contribution in [0.25, 0.3) is 0 Å². The number of hydrogen-bond acceptors (Lipinski definition) is 3. The van der Waals surface area contributed by atoms with Gasteiger partial charge in [-0.1, -0.05) is 46.3 Å². The van der Waals surface area contributed by atoms with E-state index in [0.717, 1.165) is 4.47 Å². The molecule has 100 valence electrons. The molecule has 0 aliphatic rings. The molecule has 0 bridgehead atoms. The van der Waals surface area contributed by atoms with Crippen molar-refractivity contribution in [2.75, 3.05) is 7.11 Å². The Bertz CT molecular complexity index is 676. The van der Waals surface area contributed by atoms with Crippen LogP contribution >= 0.6 is 15.9 Å². The topological polar surface area (TPSA) is 50.1 Å². The van der Waals surface area contributed by atoms with Crippen molar-refractivity contribution >= 4 is 21.7 Å². The number of ketones is 1. The minimum atomic E-state index is -0.859. The molecule has 3 nitrogen and oxygen atoms in total. The largest absolute Gasteiger partial charge is 0.496 e. The monoisotopic (exact) mass is 329 g/mol. The lowest BCUT2D eigenvalue weighted by Gasteiger charge is -2.12. The molecule has 0 aliphatic carbocycles. The molecule has 0 N–H and O–H groups in total. The standard InChI is InChI=1S/C16H12BrNO2/c1-20-15-9-5-3-7-12(15)16(19)13(10-18)11-6-2-4-8-14(11)17/h2-9,13H,1H3. The van der Waals surface area contributed by atoms with E-state index in [2.05, 4.69) is 22.0 Å². The quantitative estimate of drug-likeness (QED) is 0.798. The number of benzene rings is 2. The summed E-state index contributed by atoms with van der Waals surface area (Å²) in [4.78, 5) is 12.6. The van der Waals surface area contributed by atoms with E-state index in [9.17, 15) is 10.1 Å². The molecular weight excluding hydrogens is 318 g/mol. The van der Waals surface area contributed by atoms with Crippen LogP contribution in [0.1, 0.15) is 21.8 Å². The average molecular weight is 330 g/mol. The van der Waals surface area contributed by atoms with Crippen molar-refractivity contribution in [3.63, 3.8) is 0 Å². The second-order valence-electron chi connectivity index (χ2n) is 4.15. The summed E-state index contributed by atoms with van der Waals surface area (Å²) in [6, 6.07) is 16.2. The average Bonchev–Trinajstić information content (AvgIpc) is 2.49. The zero-order valence-electron chi connectivity index (χ0n) is 10.8. The minimum Gasteiger partial charge on any atom is -0.496 e. The number of Topliss-reactive ketones (excluding diaryl/α,β-unsaturated/α-hetero) is 1. The van der Waals surface area contributed by atoms with E-state index in [1.165, 1.54) is 7.11 Å². The van der Waals surface area contributed by atoms with Crippen molar-refractivity contribution in [2.24, 2.45) is 0 Å². The van der Waals surface area contributed by atoms with Gasteiger partial charge in [0.25, 0.3) is 0 Å². The third-order valence-electron chi connectivity index (χ3n) is 2.98. The maximum Gasteiger partial charge on any atom is 0.188 e. The van der Waals surface area contributed by atoms with Crippen molar-refractivity contribution in [3.8, 4) is 11.8 Å².